The van der Waals surface area contributed by atoms with Crippen LogP contribution in [0.5, 0.6) is 0 Å². The molecule has 30 atom stereocenters. The second-order valence-electron chi connectivity index (χ2n) is 19.3. The van der Waals surface area contributed by atoms with E-state index in [1.54, 1.807) is 0 Å². The molecule has 0 saturated carbocycles. The minimum Gasteiger partial charge on any atom is -0.394 e. The third-order valence-electron chi connectivity index (χ3n) is 13.9. The van der Waals surface area contributed by atoms with Crippen molar-refractivity contribution in [2.75, 3.05) is 39.6 Å². The van der Waals surface area contributed by atoms with Gasteiger partial charge in [0, 0.05) is 20.8 Å². The number of ether oxygens (including phenoxy) is 11. The first kappa shape index (κ1) is 62.5. The van der Waals surface area contributed by atoms with Gasteiger partial charge in [-0.25, -0.2) is 0 Å². The second kappa shape index (κ2) is 27.2. The molecule has 0 bridgehead atoms. The summed E-state index contributed by atoms with van der Waals surface area (Å²) in [5.41, 5.74) is 0. The van der Waals surface area contributed by atoms with Gasteiger partial charge in [0.1, 0.15) is 140 Å². The second-order valence-corrected chi connectivity index (χ2v) is 19.3. The molecule has 6 saturated heterocycles. The fourth-order valence-electron chi connectivity index (χ4n) is 9.98. The van der Waals surface area contributed by atoms with Crippen LogP contribution >= 0.6 is 0 Å². The maximum Gasteiger partial charge on any atom is 0.217 e. The average Bonchev–Trinajstić information content (AvgIpc) is 3.38. The Balaban J connectivity index is 1.21. The van der Waals surface area contributed by atoms with Crippen molar-refractivity contribution in [2.45, 2.75) is 212 Å². The van der Waals surface area contributed by atoms with Crippen LogP contribution in [0.15, 0.2) is 0 Å². The van der Waals surface area contributed by atoms with E-state index in [-0.39, 0.29) is 0 Å². The lowest BCUT2D eigenvalue weighted by Crippen LogP contribution is -2.71. The van der Waals surface area contributed by atoms with Crippen LogP contribution in [0, 0.1) is 0 Å². The van der Waals surface area contributed by atoms with Gasteiger partial charge in [-0.2, -0.15) is 0 Å². The van der Waals surface area contributed by atoms with Crippen molar-refractivity contribution in [1.82, 2.24) is 16.0 Å². The molecular formula is C43H73N3O30. The van der Waals surface area contributed by atoms with Crippen LogP contribution in [-0.4, -0.2) is 323 Å². The maximum absolute atomic E-state index is 12.7. The summed E-state index contributed by atoms with van der Waals surface area (Å²) in [4.78, 5) is 37.1. The Labute approximate surface area is 432 Å². The van der Waals surface area contributed by atoms with E-state index >= 15 is 0 Å². The monoisotopic (exact) mass is 1110 g/mol. The fraction of sp³-hybridized carbons (Fsp3) is 0.930. The first-order valence-electron chi connectivity index (χ1n) is 24.4. The van der Waals surface area contributed by atoms with Gasteiger partial charge in [-0.15, -0.1) is 0 Å². The standard InChI is InChI=1S/C43H73N3O30/c1-11-21(44-12(2)53)27(59)34(18(8-50)66-11)73-42-32(64)37(25(57)16(6-48)68-42)75-40-23(46-14(4)55)29(61)36(20(10-52)71-40)74-43-33(65)38(26(58)17(7-49)69-43)76-39-22(45-13(3)54)28(60)35(19(9-51)70-39)72-41-31(63)30(62)24(56)15(5-47)67-41/h11,15-43,47-52,56-65H,5-10H2,1-4H3,(H,44,53)(H,45,54)(H,46,55)/t11?,15?,16?,17?,18?,19?,20?,21?,22?,23?,24-,25-,26-,27+,28+,29+,30-,31?,32?,33?,34+,35+,36+,37-,38-,39-,40-,41-,42-,43-/m0/s1. The summed E-state index contributed by atoms with van der Waals surface area (Å²) < 4.78 is 63.8. The summed E-state index contributed by atoms with van der Waals surface area (Å²) >= 11 is 0. The van der Waals surface area contributed by atoms with E-state index in [2.05, 4.69) is 16.0 Å². The van der Waals surface area contributed by atoms with Crippen molar-refractivity contribution in [1.29, 1.82) is 0 Å². The molecule has 6 aliphatic rings. The van der Waals surface area contributed by atoms with Crippen molar-refractivity contribution in [2.24, 2.45) is 0 Å². The van der Waals surface area contributed by atoms with Gasteiger partial charge in [0.25, 0.3) is 0 Å². The van der Waals surface area contributed by atoms with Gasteiger partial charge in [0.05, 0.1) is 51.8 Å². The van der Waals surface area contributed by atoms with Crippen LogP contribution < -0.4 is 16.0 Å². The molecule has 0 aliphatic carbocycles. The van der Waals surface area contributed by atoms with Gasteiger partial charge in [-0.3, -0.25) is 14.4 Å². The van der Waals surface area contributed by atoms with Crippen molar-refractivity contribution >= 4 is 17.7 Å². The number of carbonyl (C=O) groups excluding carboxylic acids is 3. The number of aliphatic hydroxyl groups excluding tert-OH is 16. The molecule has 440 valence electrons. The fourth-order valence-corrected chi connectivity index (χ4v) is 9.98. The van der Waals surface area contributed by atoms with Crippen molar-refractivity contribution < 1.29 is 148 Å². The van der Waals surface area contributed by atoms with Crippen LogP contribution in [0.2, 0.25) is 0 Å². The molecule has 13 unspecified atom stereocenters. The van der Waals surface area contributed by atoms with E-state index in [1.165, 1.54) is 13.8 Å². The van der Waals surface area contributed by atoms with Gasteiger partial charge >= 0.3 is 0 Å². The molecule has 33 nitrogen and oxygen atoms in total. The third-order valence-corrected chi connectivity index (χ3v) is 13.9. The van der Waals surface area contributed by atoms with Crippen LogP contribution in [-0.2, 0) is 66.5 Å². The summed E-state index contributed by atoms with van der Waals surface area (Å²) in [7, 11) is 0. The summed E-state index contributed by atoms with van der Waals surface area (Å²) in [6.07, 6.45) is -48.7. The van der Waals surface area contributed by atoms with Gasteiger partial charge in [-0.05, 0) is 6.92 Å². The number of hydrogen-bond acceptors (Lipinski definition) is 30. The lowest BCUT2D eigenvalue weighted by Gasteiger charge is -2.51. The van der Waals surface area contributed by atoms with Crippen LogP contribution in [0.3, 0.4) is 0 Å². The lowest BCUT2D eigenvalue weighted by atomic mass is 9.92. The zero-order valence-corrected chi connectivity index (χ0v) is 41.4. The number of hydrogen-bond donors (Lipinski definition) is 19. The maximum atomic E-state index is 12.7. The Morgan fingerprint density at radius 2 is 0.605 bits per heavy atom. The molecular weight excluding hydrogens is 1040 g/mol. The SMILES string of the molecule is CC(=O)NC1C(C)OC(CO)[C@@H](O[C@@H]2OC(CO)[C@H](O)[C@H](O[C@@H]3OC(CO)[C@@H](O[C@@H]4OC(CO)[C@H](O)[C@H](O[C@@H]5OC(CO)[C@@H](O[C@@H]6OC(CO)[C@H](O)[C@H](O)C6O)[C@H](O)C5NC(C)=O)C4O)[C@H](O)C3NC(C)=O)C2O)[C@@H]1O. The first-order valence-corrected chi connectivity index (χ1v) is 24.4. The minimum absolute atomic E-state index is 0.553. The lowest BCUT2D eigenvalue weighted by molar-refractivity contribution is -0.384. The molecule has 19 N–H and O–H groups in total. The van der Waals surface area contributed by atoms with E-state index in [9.17, 15) is 96.1 Å². The number of rotatable bonds is 19. The molecule has 0 aromatic heterocycles. The van der Waals surface area contributed by atoms with Crippen LogP contribution in [0.1, 0.15) is 27.7 Å². The predicted octanol–water partition coefficient (Wildman–Crippen LogP) is -12.6. The Hall–Kier alpha value is -2.67. The Morgan fingerprint density at radius 3 is 0.947 bits per heavy atom. The molecule has 6 aliphatic heterocycles. The Morgan fingerprint density at radius 1 is 0.329 bits per heavy atom. The highest BCUT2D eigenvalue weighted by Crippen LogP contribution is 2.37. The van der Waals surface area contributed by atoms with E-state index < -0.39 is 241 Å². The van der Waals surface area contributed by atoms with Crippen molar-refractivity contribution in [3.63, 3.8) is 0 Å². The van der Waals surface area contributed by atoms with Crippen molar-refractivity contribution in [3.05, 3.63) is 0 Å². The molecule has 33 heteroatoms. The van der Waals surface area contributed by atoms with Gasteiger partial charge in [-0.1, -0.05) is 0 Å². The largest absolute Gasteiger partial charge is 0.394 e. The smallest absolute Gasteiger partial charge is 0.217 e. The molecule has 0 aromatic rings. The molecule has 6 heterocycles. The van der Waals surface area contributed by atoms with Gasteiger partial charge in [0.15, 0.2) is 31.5 Å². The molecule has 0 aromatic carbocycles. The number of carbonyl (C=O) groups is 3. The minimum atomic E-state index is -2.21. The molecule has 0 radical (unpaired) electrons. The van der Waals surface area contributed by atoms with E-state index in [4.69, 9.17) is 52.1 Å². The summed E-state index contributed by atoms with van der Waals surface area (Å²) in [5, 5.41) is 181. The van der Waals surface area contributed by atoms with E-state index in [0.717, 1.165) is 13.8 Å². The number of nitrogens with one attached hydrogen (secondary N) is 3. The van der Waals surface area contributed by atoms with Crippen LogP contribution in [0.25, 0.3) is 0 Å². The summed E-state index contributed by atoms with van der Waals surface area (Å²) in [5.74, 6) is -2.22. The predicted molar refractivity (Wildman–Crippen MR) is 237 cm³/mol. The number of amides is 3. The highest BCUT2D eigenvalue weighted by atomic mass is 16.8. The van der Waals surface area contributed by atoms with Gasteiger partial charge < -0.3 is 150 Å². The molecule has 0 spiro atoms. The van der Waals surface area contributed by atoms with E-state index in [0.29, 0.717) is 0 Å². The normalized spacial score (nSPS) is 48.2. The van der Waals surface area contributed by atoms with E-state index in [1.807, 2.05) is 0 Å². The van der Waals surface area contributed by atoms with Gasteiger partial charge in [0.2, 0.25) is 17.7 Å². The van der Waals surface area contributed by atoms with Crippen molar-refractivity contribution in [3.8, 4) is 0 Å². The summed E-state index contributed by atoms with van der Waals surface area (Å²) in [6.45, 7) is -0.863. The molecule has 6 rings (SSSR count). The quantitative estimate of drug-likeness (QED) is 0.0571. The zero-order chi connectivity index (χ0) is 56.2. The highest BCUT2D eigenvalue weighted by Gasteiger charge is 2.58. The topological polar surface area (TPSA) is 513 Å². The Kier molecular flexibility index (Phi) is 22.4. The van der Waals surface area contributed by atoms with Crippen LogP contribution in [0.4, 0.5) is 0 Å². The third kappa shape index (κ3) is 13.6. The molecule has 76 heavy (non-hydrogen) atoms. The Bertz CT molecular complexity index is 1870. The highest BCUT2D eigenvalue weighted by molar-refractivity contribution is 5.74. The average molecular weight is 1110 g/mol. The molecule has 6 fully saturated rings. The molecule has 3 amide bonds. The number of aliphatic hydroxyl groups is 16. The zero-order valence-electron chi connectivity index (χ0n) is 41.4. The summed E-state index contributed by atoms with van der Waals surface area (Å²) in [6, 6.07) is -4.60. The first-order chi connectivity index (χ1) is 35.9.